The van der Waals surface area contributed by atoms with Crippen molar-refractivity contribution in [3.05, 3.63) is 54.1 Å². The van der Waals surface area contributed by atoms with Crippen molar-refractivity contribution in [3.8, 4) is 0 Å². The zero-order chi connectivity index (χ0) is 18.9. The second-order valence-corrected chi connectivity index (χ2v) is 6.20. The maximum Gasteiger partial charge on any atom is 0.319 e. The van der Waals surface area contributed by atoms with Gasteiger partial charge in [0.1, 0.15) is 0 Å². The third-order valence-corrected chi connectivity index (χ3v) is 3.96. The summed E-state index contributed by atoms with van der Waals surface area (Å²) < 4.78 is 0. The number of carbonyl (C=O) groups excluding carboxylic acids is 2. The average molecular weight is 354 g/mol. The minimum Gasteiger partial charge on any atom is -0.375 e. The number of hydrogen-bond donors (Lipinski definition) is 3. The van der Waals surface area contributed by atoms with E-state index in [4.69, 9.17) is 0 Å². The van der Waals surface area contributed by atoms with E-state index in [1.807, 2.05) is 44.3 Å². The fourth-order valence-electron chi connectivity index (χ4n) is 2.53. The molecule has 6 heteroatoms. The molecule has 2 rings (SSSR count). The molecule has 0 aliphatic rings. The highest BCUT2D eigenvalue weighted by molar-refractivity contribution is 5.93. The van der Waals surface area contributed by atoms with Crippen LogP contribution < -0.4 is 20.9 Å². The SMILES string of the molecule is CC(=O)Nc1cc(NC(=O)NCCCN(C)c2ccccc2)ccc1C. The van der Waals surface area contributed by atoms with Gasteiger partial charge in [0, 0.05) is 44.1 Å². The average Bonchev–Trinajstić information content (AvgIpc) is 2.61. The normalized spacial score (nSPS) is 10.1. The monoisotopic (exact) mass is 354 g/mol. The minimum absolute atomic E-state index is 0.141. The van der Waals surface area contributed by atoms with E-state index in [2.05, 4.69) is 33.0 Å². The molecule has 3 N–H and O–H groups in total. The first kappa shape index (κ1) is 19.3. The number of benzene rings is 2. The minimum atomic E-state index is -0.259. The van der Waals surface area contributed by atoms with Crippen LogP contribution in [0.1, 0.15) is 18.9 Å². The second kappa shape index (κ2) is 9.46. The first-order valence-corrected chi connectivity index (χ1v) is 8.65. The highest BCUT2D eigenvalue weighted by Gasteiger charge is 2.06. The Morgan fingerprint density at radius 3 is 2.46 bits per heavy atom. The van der Waals surface area contributed by atoms with E-state index in [1.165, 1.54) is 6.92 Å². The molecule has 2 aromatic rings. The predicted octanol–water partition coefficient (Wildman–Crippen LogP) is 3.60. The molecule has 0 unspecified atom stereocenters. The summed E-state index contributed by atoms with van der Waals surface area (Å²) in [7, 11) is 2.03. The Kier molecular flexibility index (Phi) is 7.02. The van der Waals surface area contributed by atoms with Gasteiger partial charge in [-0.2, -0.15) is 0 Å². The molecule has 26 heavy (non-hydrogen) atoms. The predicted molar refractivity (Wildman–Crippen MR) is 107 cm³/mol. The van der Waals surface area contributed by atoms with Crippen molar-refractivity contribution in [1.29, 1.82) is 0 Å². The molecule has 0 saturated carbocycles. The maximum atomic E-state index is 12.0. The number of urea groups is 1. The Balaban J connectivity index is 1.76. The van der Waals surface area contributed by atoms with Gasteiger partial charge in [0.2, 0.25) is 5.91 Å². The van der Waals surface area contributed by atoms with E-state index in [-0.39, 0.29) is 11.9 Å². The fraction of sp³-hybridized carbons (Fsp3) is 0.300. The summed E-state index contributed by atoms with van der Waals surface area (Å²) in [5, 5.41) is 8.39. The highest BCUT2D eigenvalue weighted by Crippen LogP contribution is 2.20. The van der Waals surface area contributed by atoms with Crippen LogP contribution in [0.4, 0.5) is 21.9 Å². The Bertz CT molecular complexity index is 747. The summed E-state index contributed by atoms with van der Waals surface area (Å²) in [6.07, 6.45) is 0.837. The zero-order valence-electron chi connectivity index (χ0n) is 15.5. The number of rotatable bonds is 7. The molecule has 0 heterocycles. The summed E-state index contributed by atoms with van der Waals surface area (Å²) >= 11 is 0. The van der Waals surface area contributed by atoms with Crippen LogP contribution in [0, 0.1) is 6.92 Å². The zero-order valence-corrected chi connectivity index (χ0v) is 15.5. The van der Waals surface area contributed by atoms with Gasteiger partial charge in [0.25, 0.3) is 0 Å². The van der Waals surface area contributed by atoms with Gasteiger partial charge in [-0.3, -0.25) is 4.79 Å². The van der Waals surface area contributed by atoms with Gasteiger partial charge in [-0.15, -0.1) is 0 Å². The number of aryl methyl sites for hydroxylation is 1. The van der Waals surface area contributed by atoms with Crippen molar-refractivity contribution in [3.63, 3.8) is 0 Å². The summed E-state index contributed by atoms with van der Waals surface area (Å²) in [4.78, 5) is 25.4. The number of para-hydroxylation sites is 1. The van der Waals surface area contributed by atoms with Crippen molar-refractivity contribution in [2.24, 2.45) is 0 Å². The third-order valence-electron chi connectivity index (χ3n) is 3.96. The van der Waals surface area contributed by atoms with Gasteiger partial charge in [-0.1, -0.05) is 24.3 Å². The van der Waals surface area contributed by atoms with Crippen LogP contribution in [0.2, 0.25) is 0 Å². The molecule has 0 radical (unpaired) electrons. The van der Waals surface area contributed by atoms with E-state index >= 15 is 0 Å². The van der Waals surface area contributed by atoms with E-state index in [0.717, 1.165) is 24.2 Å². The summed E-state index contributed by atoms with van der Waals surface area (Å²) in [6, 6.07) is 15.3. The van der Waals surface area contributed by atoms with Gasteiger partial charge < -0.3 is 20.9 Å². The first-order chi connectivity index (χ1) is 12.5. The molecule has 0 aliphatic carbocycles. The molecule has 6 nitrogen and oxygen atoms in total. The number of hydrogen-bond acceptors (Lipinski definition) is 3. The van der Waals surface area contributed by atoms with Gasteiger partial charge in [-0.25, -0.2) is 4.79 Å². The van der Waals surface area contributed by atoms with Crippen LogP contribution in [-0.4, -0.2) is 32.1 Å². The van der Waals surface area contributed by atoms with E-state index in [1.54, 1.807) is 6.07 Å². The van der Waals surface area contributed by atoms with E-state index < -0.39 is 0 Å². The molecule has 0 fully saturated rings. The lowest BCUT2D eigenvalue weighted by Gasteiger charge is -2.19. The molecule has 0 atom stereocenters. The maximum absolute atomic E-state index is 12.0. The van der Waals surface area contributed by atoms with Crippen molar-refractivity contribution in [2.45, 2.75) is 20.3 Å². The van der Waals surface area contributed by atoms with Gasteiger partial charge in [-0.05, 0) is 43.2 Å². The van der Waals surface area contributed by atoms with Crippen molar-refractivity contribution in [2.75, 3.05) is 35.7 Å². The van der Waals surface area contributed by atoms with Crippen LogP contribution in [0.25, 0.3) is 0 Å². The lowest BCUT2D eigenvalue weighted by Crippen LogP contribution is -2.31. The smallest absolute Gasteiger partial charge is 0.319 e. The number of nitrogens with one attached hydrogen (secondary N) is 3. The largest absolute Gasteiger partial charge is 0.375 e. The highest BCUT2D eigenvalue weighted by atomic mass is 16.2. The van der Waals surface area contributed by atoms with Crippen LogP contribution in [-0.2, 0) is 4.79 Å². The lowest BCUT2D eigenvalue weighted by atomic mass is 10.2. The summed E-state index contributed by atoms with van der Waals surface area (Å²) in [5.41, 5.74) is 3.43. The quantitative estimate of drug-likeness (QED) is 0.665. The van der Waals surface area contributed by atoms with Crippen molar-refractivity contribution < 1.29 is 9.59 Å². The van der Waals surface area contributed by atoms with E-state index in [0.29, 0.717) is 17.9 Å². The molecule has 0 spiro atoms. The van der Waals surface area contributed by atoms with Crippen LogP contribution in [0.3, 0.4) is 0 Å². The molecule has 138 valence electrons. The molecule has 2 aromatic carbocycles. The topological polar surface area (TPSA) is 73.5 Å². The van der Waals surface area contributed by atoms with E-state index in [9.17, 15) is 9.59 Å². The summed E-state index contributed by atoms with van der Waals surface area (Å²) in [5.74, 6) is -0.141. The molecular formula is C20H26N4O2. The molecule has 0 aliphatic heterocycles. The van der Waals surface area contributed by atoms with Crippen molar-refractivity contribution in [1.82, 2.24) is 5.32 Å². The number of amides is 3. The molecular weight excluding hydrogens is 328 g/mol. The van der Waals surface area contributed by atoms with Gasteiger partial charge in [0.05, 0.1) is 0 Å². The fourth-order valence-corrected chi connectivity index (χ4v) is 2.53. The van der Waals surface area contributed by atoms with Crippen LogP contribution in [0.15, 0.2) is 48.5 Å². The number of anilines is 3. The summed E-state index contributed by atoms with van der Waals surface area (Å²) in [6.45, 7) is 4.78. The second-order valence-electron chi connectivity index (χ2n) is 6.20. The number of nitrogens with zero attached hydrogens (tertiary/aromatic N) is 1. The molecule has 0 saturated heterocycles. The third kappa shape index (κ3) is 6.12. The van der Waals surface area contributed by atoms with Crippen LogP contribution >= 0.6 is 0 Å². The van der Waals surface area contributed by atoms with Gasteiger partial charge in [0.15, 0.2) is 0 Å². The number of carbonyl (C=O) groups is 2. The van der Waals surface area contributed by atoms with Crippen molar-refractivity contribution >= 4 is 29.0 Å². The standard InChI is InChI=1S/C20H26N4O2/c1-15-10-11-17(14-19(15)22-16(2)25)23-20(26)21-12-7-13-24(3)18-8-5-4-6-9-18/h4-6,8-11,14H,7,12-13H2,1-3H3,(H,22,25)(H2,21,23,26). The van der Waals surface area contributed by atoms with Crippen LogP contribution in [0.5, 0.6) is 0 Å². The molecule has 0 aromatic heterocycles. The first-order valence-electron chi connectivity index (χ1n) is 8.65. The van der Waals surface area contributed by atoms with Gasteiger partial charge >= 0.3 is 6.03 Å². The molecule has 0 bridgehead atoms. The lowest BCUT2D eigenvalue weighted by molar-refractivity contribution is -0.114. The molecule has 3 amide bonds. The Labute approximate surface area is 154 Å². The Morgan fingerprint density at radius 1 is 1.04 bits per heavy atom. The Morgan fingerprint density at radius 2 is 1.77 bits per heavy atom. The Hall–Kier alpha value is -3.02.